The number of carbonyl (C=O) groups is 1. The number of aliphatic hydroxyl groups excluding tert-OH is 1. The molecule has 1 rings (SSSR count). The average Bonchev–Trinajstić information content (AvgIpc) is 2.19. The van der Waals surface area contributed by atoms with Crippen molar-refractivity contribution < 1.29 is 14.6 Å². The Morgan fingerprint density at radius 1 is 1.44 bits per heavy atom. The Balaban J connectivity index is 2.35. The molecule has 0 aromatic rings. The zero-order chi connectivity index (χ0) is 13.8. The first-order valence-electron chi connectivity index (χ1n) is 6.62. The van der Waals surface area contributed by atoms with E-state index in [0.717, 1.165) is 25.8 Å². The number of hydrogen-bond acceptors (Lipinski definition) is 4. The molecule has 0 aromatic heterocycles. The predicted octanol–water partition coefficient (Wildman–Crippen LogP) is 1.36. The molecule has 18 heavy (non-hydrogen) atoms. The van der Waals surface area contributed by atoms with Crippen LogP contribution in [0, 0.1) is 0 Å². The Morgan fingerprint density at radius 2 is 2.11 bits per heavy atom. The first-order chi connectivity index (χ1) is 8.31. The van der Waals surface area contributed by atoms with E-state index in [1.165, 1.54) is 0 Å². The number of rotatable bonds is 3. The molecule has 1 fully saturated rings. The Bertz CT molecular complexity index is 276. The number of likely N-dealkylation sites (N-methyl/N-ethyl adjacent to an activating group) is 1. The minimum absolute atomic E-state index is 0.139. The number of carbonyl (C=O) groups excluding carboxylic acids is 1. The number of ether oxygens (including phenoxy) is 1. The number of amides is 1. The van der Waals surface area contributed by atoms with Gasteiger partial charge in [-0.1, -0.05) is 0 Å². The lowest BCUT2D eigenvalue weighted by atomic mass is 9.97. The molecule has 1 saturated heterocycles. The number of piperidine rings is 1. The third-order valence-corrected chi connectivity index (χ3v) is 3.16. The Labute approximate surface area is 109 Å². The monoisotopic (exact) mass is 258 g/mol. The fraction of sp³-hybridized carbons (Fsp3) is 0.923. The van der Waals surface area contributed by atoms with Crippen LogP contribution in [0.15, 0.2) is 0 Å². The van der Waals surface area contributed by atoms with E-state index in [4.69, 9.17) is 9.84 Å². The second-order valence-corrected chi connectivity index (χ2v) is 6.03. The van der Waals surface area contributed by atoms with E-state index in [0.29, 0.717) is 6.04 Å². The molecule has 2 unspecified atom stereocenters. The summed E-state index contributed by atoms with van der Waals surface area (Å²) in [5, 5.41) is 11.9. The van der Waals surface area contributed by atoms with Gasteiger partial charge in [-0.2, -0.15) is 0 Å². The van der Waals surface area contributed by atoms with E-state index in [1.807, 2.05) is 27.8 Å². The maximum Gasteiger partial charge on any atom is 0.407 e. The number of aliphatic hydroxyl groups is 1. The van der Waals surface area contributed by atoms with Gasteiger partial charge in [-0.3, -0.25) is 0 Å². The number of nitrogens with zero attached hydrogens (tertiary/aromatic N) is 1. The first kappa shape index (κ1) is 15.2. The van der Waals surface area contributed by atoms with Crippen molar-refractivity contribution in [3.8, 4) is 0 Å². The summed E-state index contributed by atoms with van der Waals surface area (Å²) in [5.41, 5.74) is -0.454. The molecule has 0 aromatic carbocycles. The zero-order valence-corrected chi connectivity index (χ0v) is 11.9. The van der Waals surface area contributed by atoms with E-state index in [9.17, 15) is 4.79 Å². The molecule has 2 N–H and O–H groups in total. The summed E-state index contributed by atoms with van der Waals surface area (Å²) in [5.74, 6) is 0. The van der Waals surface area contributed by atoms with Gasteiger partial charge in [0.1, 0.15) is 5.60 Å². The van der Waals surface area contributed by atoms with Gasteiger partial charge in [-0.25, -0.2) is 4.79 Å². The summed E-state index contributed by atoms with van der Waals surface area (Å²) < 4.78 is 5.24. The summed E-state index contributed by atoms with van der Waals surface area (Å²) in [6.07, 6.45) is 2.39. The highest BCUT2D eigenvalue weighted by atomic mass is 16.6. The maximum atomic E-state index is 11.6. The molecule has 0 radical (unpaired) electrons. The van der Waals surface area contributed by atoms with Gasteiger partial charge in [0.15, 0.2) is 0 Å². The summed E-state index contributed by atoms with van der Waals surface area (Å²) in [4.78, 5) is 13.8. The Hall–Kier alpha value is -0.810. The average molecular weight is 258 g/mol. The van der Waals surface area contributed by atoms with Crippen LogP contribution in [0.3, 0.4) is 0 Å². The van der Waals surface area contributed by atoms with Crippen molar-refractivity contribution in [2.75, 3.05) is 20.2 Å². The van der Waals surface area contributed by atoms with Gasteiger partial charge in [0.2, 0.25) is 0 Å². The largest absolute Gasteiger partial charge is 0.444 e. The van der Waals surface area contributed by atoms with E-state index in [-0.39, 0.29) is 18.7 Å². The van der Waals surface area contributed by atoms with Crippen molar-refractivity contribution in [3.05, 3.63) is 0 Å². The molecule has 0 spiro atoms. The molecule has 0 saturated carbocycles. The molecular formula is C13H26N2O3. The van der Waals surface area contributed by atoms with E-state index in [2.05, 4.69) is 10.2 Å². The van der Waals surface area contributed by atoms with Crippen LogP contribution in [0.2, 0.25) is 0 Å². The van der Waals surface area contributed by atoms with E-state index < -0.39 is 5.60 Å². The van der Waals surface area contributed by atoms with Crippen LogP contribution >= 0.6 is 0 Å². The van der Waals surface area contributed by atoms with Gasteiger partial charge in [0.05, 0.1) is 0 Å². The fourth-order valence-corrected chi connectivity index (χ4v) is 2.31. The number of hydrogen-bond donors (Lipinski definition) is 2. The Morgan fingerprint density at radius 3 is 2.61 bits per heavy atom. The van der Waals surface area contributed by atoms with Crippen molar-refractivity contribution in [1.29, 1.82) is 0 Å². The van der Waals surface area contributed by atoms with Crippen molar-refractivity contribution in [1.82, 2.24) is 10.2 Å². The van der Waals surface area contributed by atoms with Crippen LogP contribution in [-0.2, 0) is 4.74 Å². The molecule has 106 valence electrons. The smallest absolute Gasteiger partial charge is 0.407 e. The van der Waals surface area contributed by atoms with Crippen molar-refractivity contribution >= 4 is 6.09 Å². The minimum Gasteiger partial charge on any atom is -0.444 e. The lowest BCUT2D eigenvalue weighted by Crippen LogP contribution is -2.51. The van der Waals surface area contributed by atoms with Gasteiger partial charge in [0.25, 0.3) is 0 Å². The molecule has 2 atom stereocenters. The lowest BCUT2D eigenvalue weighted by Gasteiger charge is -2.37. The van der Waals surface area contributed by atoms with Gasteiger partial charge in [-0.15, -0.1) is 0 Å². The van der Waals surface area contributed by atoms with E-state index in [1.54, 1.807) is 0 Å². The highest BCUT2D eigenvalue weighted by molar-refractivity contribution is 5.68. The number of nitrogens with one attached hydrogen (secondary N) is 1. The van der Waals surface area contributed by atoms with Crippen LogP contribution in [-0.4, -0.2) is 54.0 Å². The van der Waals surface area contributed by atoms with E-state index >= 15 is 0 Å². The van der Waals surface area contributed by atoms with Gasteiger partial charge < -0.3 is 20.1 Å². The third-order valence-electron chi connectivity index (χ3n) is 3.16. The van der Waals surface area contributed by atoms with Gasteiger partial charge >= 0.3 is 6.09 Å². The molecule has 1 aliphatic heterocycles. The highest BCUT2D eigenvalue weighted by Crippen LogP contribution is 2.18. The van der Waals surface area contributed by atoms with Crippen molar-refractivity contribution in [2.45, 2.75) is 57.7 Å². The first-order valence-corrected chi connectivity index (χ1v) is 6.62. The molecule has 1 heterocycles. The molecule has 1 aliphatic rings. The summed E-state index contributed by atoms with van der Waals surface area (Å²) in [7, 11) is 2.03. The number of alkyl carbamates (subject to hydrolysis) is 1. The van der Waals surface area contributed by atoms with Crippen LogP contribution in [0.1, 0.15) is 40.0 Å². The second kappa shape index (κ2) is 6.38. The molecule has 5 nitrogen and oxygen atoms in total. The van der Waals surface area contributed by atoms with Gasteiger partial charge in [-0.05, 0) is 47.1 Å². The summed E-state index contributed by atoms with van der Waals surface area (Å²) in [6.45, 7) is 6.60. The Kier molecular flexibility index (Phi) is 5.41. The quantitative estimate of drug-likeness (QED) is 0.802. The standard InChI is InChI=1S/C13H26N2O3/c1-13(2,3)18-12(17)14-10-5-6-11(7-8-16)15(4)9-10/h10-11,16H,5-9H2,1-4H3,(H,14,17). The predicted molar refractivity (Wildman–Crippen MR) is 70.5 cm³/mol. The topological polar surface area (TPSA) is 61.8 Å². The number of likely N-dealkylation sites (tertiary alicyclic amines) is 1. The zero-order valence-electron chi connectivity index (χ0n) is 11.9. The fourth-order valence-electron chi connectivity index (χ4n) is 2.31. The molecule has 5 heteroatoms. The molecule has 1 amide bonds. The maximum absolute atomic E-state index is 11.6. The highest BCUT2D eigenvalue weighted by Gasteiger charge is 2.27. The summed E-state index contributed by atoms with van der Waals surface area (Å²) >= 11 is 0. The van der Waals surface area contributed by atoms with Crippen molar-refractivity contribution in [3.63, 3.8) is 0 Å². The molecular weight excluding hydrogens is 232 g/mol. The second-order valence-electron chi connectivity index (χ2n) is 6.03. The molecule has 0 bridgehead atoms. The van der Waals surface area contributed by atoms with Crippen LogP contribution in [0.4, 0.5) is 4.79 Å². The van der Waals surface area contributed by atoms with Crippen LogP contribution in [0.5, 0.6) is 0 Å². The van der Waals surface area contributed by atoms with Crippen LogP contribution < -0.4 is 5.32 Å². The third kappa shape index (κ3) is 5.23. The normalized spacial score (nSPS) is 25.8. The van der Waals surface area contributed by atoms with Gasteiger partial charge in [0, 0.05) is 25.2 Å². The SMILES string of the molecule is CN1CC(NC(=O)OC(C)(C)C)CCC1CCO. The summed E-state index contributed by atoms with van der Waals surface area (Å²) in [6, 6.07) is 0.562. The van der Waals surface area contributed by atoms with Crippen LogP contribution in [0.25, 0.3) is 0 Å². The van der Waals surface area contributed by atoms with Crippen molar-refractivity contribution in [2.24, 2.45) is 0 Å². The lowest BCUT2D eigenvalue weighted by molar-refractivity contribution is 0.0449. The molecule has 0 aliphatic carbocycles. The minimum atomic E-state index is -0.454.